The number of hydrogen-bond donors (Lipinski definition) is 1. The van der Waals surface area contributed by atoms with Crippen molar-refractivity contribution in [2.75, 3.05) is 0 Å². The fourth-order valence-corrected chi connectivity index (χ4v) is 4.24. The molecule has 1 aliphatic carbocycles. The molecule has 1 unspecified atom stereocenters. The maximum Gasteiger partial charge on any atom is 0.0327 e. The smallest absolute Gasteiger partial charge is 0.0327 e. The summed E-state index contributed by atoms with van der Waals surface area (Å²) in [6.45, 7) is 0.956. The third kappa shape index (κ3) is 3.10. The van der Waals surface area contributed by atoms with E-state index in [4.69, 9.17) is 0 Å². The molecule has 1 aromatic carbocycles. The van der Waals surface area contributed by atoms with Crippen LogP contribution in [0.3, 0.4) is 0 Å². The topological polar surface area (TPSA) is 12.0 Å². The van der Waals surface area contributed by atoms with Crippen LogP contribution in [0.25, 0.3) is 0 Å². The third-order valence-electron chi connectivity index (χ3n) is 3.82. The third-order valence-corrected chi connectivity index (χ3v) is 5.75. The Balaban J connectivity index is 1.75. The van der Waals surface area contributed by atoms with E-state index in [-0.39, 0.29) is 0 Å². The zero-order chi connectivity index (χ0) is 13.1. The Morgan fingerprint density at radius 3 is 2.95 bits per heavy atom. The lowest BCUT2D eigenvalue weighted by molar-refractivity contribution is 0.491. The van der Waals surface area contributed by atoms with Gasteiger partial charge in [0.25, 0.3) is 0 Å². The van der Waals surface area contributed by atoms with Crippen molar-refractivity contribution in [2.45, 2.75) is 38.3 Å². The van der Waals surface area contributed by atoms with Gasteiger partial charge in [-0.05, 0) is 57.8 Å². The van der Waals surface area contributed by atoms with Gasteiger partial charge < -0.3 is 5.32 Å². The number of nitrogens with one attached hydrogen (secondary N) is 1. The van der Waals surface area contributed by atoms with Gasteiger partial charge in [-0.1, -0.05) is 30.7 Å². The number of halogens is 1. The Morgan fingerprint density at radius 1 is 1.21 bits per heavy atom. The second-order valence-electron chi connectivity index (χ2n) is 5.07. The van der Waals surface area contributed by atoms with Crippen LogP contribution in [0.15, 0.2) is 40.2 Å². The maximum atomic E-state index is 3.74. The molecule has 2 aromatic rings. The van der Waals surface area contributed by atoms with Gasteiger partial charge in [-0.3, -0.25) is 0 Å². The maximum absolute atomic E-state index is 3.74. The van der Waals surface area contributed by atoms with E-state index in [2.05, 4.69) is 57.0 Å². The molecule has 1 aliphatic rings. The van der Waals surface area contributed by atoms with Gasteiger partial charge in [0.2, 0.25) is 0 Å². The molecule has 19 heavy (non-hydrogen) atoms. The molecule has 1 N–H and O–H groups in total. The first kappa shape index (κ1) is 13.3. The van der Waals surface area contributed by atoms with Gasteiger partial charge >= 0.3 is 0 Å². The van der Waals surface area contributed by atoms with Crippen LogP contribution in [0, 0.1) is 0 Å². The van der Waals surface area contributed by atoms with Gasteiger partial charge in [0.15, 0.2) is 0 Å². The number of thiophene rings is 1. The van der Waals surface area contributed by atoms with Crippen LogP contribution < -0.4 is 5.32 Å². The Bertz CT molecular complexity index is 549. The summed E-state index contributed by atoms with van der Waals surface area (Å²) in [5, 5.41) is 5.88. The van der Waals surface area contributed by atoms with Crippen LogP contribution in [0.4, 0.5) is 0 Å². The molecule has 3 heteroatoms. The Kier molecular flexibility index (Phi) is 4.36. The van der Waals surface area contributed by atoms with E-state index >= 15 is 0 Å². The van der Waals surface area contributed by atoms with Gasteiger partial charge in [0.05, 0.1) is 0 Å². The van der Waals surface area contributed by atoms with Crippen molar-refractivity contribution < 1.29 is 0 Å². The summed E-state index contributed by atoms with van der Waals surface area (Å²) in [5.41, 5.74) is 3.04. The monoisotopic (exact) mass is 335 g/mol. The zero-order valence-electron chi connectivity index (χ0n) is 10.9. The summed E-state index contributed by atoms with van der Waals surface area (Å²) in [6.07, 6.45) is 5.12. The molecule has 0 bridgehead atoms. The highest BCUT2D eigenvalue weighted by Crippen LogP contribution is 2.30. The molecule has 0 saturated carbocycles. The highest BCUT2D eigenvalue weighted by atomic mass is 79.9. The predicted molar refractivity (Wildman–Crippen MR) is 85.6 cm³/mol. The summed E-state index contributed by atoms with van der Waals surface area (Å²) in [6, 6.07) is 11.5. The first-order valence-corrected chi connectivity index (χ1v) is 8.55. The number of aryl methyl sites for hydroxylation is 1. The molecule has 1 aromatic heterocycles. The van der Waals surface area contributed by atoms with E-state index in [1.54, 1.807) is 0 Å². The number of benzene rings is 1. The van der Waals surface area contributed by atoms with E-state index < -0.39 is 0 Å². The normalized spacial score (nSPS) is 18.9. The van der Waals surface area contributed by atoms with E-state index in [0.717, 1.165) is 6.54 Å². The highest BCUT2D eigenvalue weighted by Gasteiger charge is 2.18. The molecule has 100 valence electrons. The van der Waals surface area contributed by atoms with E-state index in [9.17, 15) is 0 Å². The minimum absolute atomic E-state index is 0.507. The summed E-state index contributed by atoms with van der Waals surface area (Å²) in [5.74, 6) is 0. The van der Waals surface area contributed by atoms with Crippen LogP contribution in [-0.4, -0.2) is 0 Å². The van der Waals surface area contributed by atoms with Crippen molar-refractivity contribution in [3.63, 3.8) is 0 Å². The SMILES string of the molecule is Brc1ccsc1CNC1CCCCc2ccccc21. The second kappa shape index (κ2) is 6.21. The van der Waals surface area contributed by atoms with Crippen LogP contribution >= 0.6 is 27.3 Å². The van der Waals surface area contributed by atoms with Crippen LogP contribution in [0.5, 0.6) is 0 Å². The van der Waals surface area contributed by atoms with Crippen molar-refractivity contribution in [3.8, 4) is 0 Å². The molecule has 0 saturated heterocycles. The zero-order valence-corrected chi connectivity index (χ0v) is 13.3. The standard InChI is InChI=1S/C16H18BrNS/c17-14-9-10-19-16(14)11-18-15-8-4-2-6-12-5-1-3-7-13(12)15/h1,3,5,7,9-10,15,18H,2,4,6,8,11H2. The average Bonchev–Trinajstić information content (AvgIpc) is 2.73. The van der Waals surface area contributed by atoms with E-state index in [1.165, 1.54) is 46.2 Å². The first-order chi connectivity index (χ1) is 9.34. The molecular weight excluding hydrogens is 318 g/mol. The lowest BCUT2D eigenvalue weighted by Gasteiger charge is -2.19. The van der Waals surface area contributed by atoms with Crippen LogP contribution in [0.2, 0.25) is 0 Å². The molecule has 0 fully saturated rings. The number of hydrogen-bond acceptors (Lipinski definition) is 2. The first-order valence-electron chi connectivity index (χ1n) is 6.87. The van der Waals surface area contributed by atoms with Crippen molar-refractivity contribution in [3.05, 3.63) is 56.2 Å². The van der Waals surface area contributed by atoms with Gasteiger partial charge in [-0.25, -0.2) is 0 Å². The highest BCUT2D eigenvalue weighted by molar-refractivity contribution is 9.10. The fraction of sp³-hybridized carbons (Fsp3) is 0.375. The molecule has 3 rings (SSSR count). The predicted octanol–water partition coefficient (Wildman–Crippen LogP) is 5.07. The Hall–Kier alpha value is -0.640. The minimum atomic E-state index is 0.507. The summed E-state index contributed by atoms with van der Waals surface area (Å²) in [7, 11) is 0. The van der Waals surface area contributed by atoms with E-state index in [1.807, 2.05) is 11.3 Å². The van der Waals surface area contributed by atoms with Crippen molar-refractivity contribution in [2.24, 2.45) is 0 Å². The van der Waals surface area contributed by atoms with Crippen molar-refractivity contribution in [1.82, 2.24) is 5.32 Å². The molecule has 1 atom stereocenters. The van der Waals surface area contributed by atoms with E-state index in [0.29, 0.717) is 6.04 Å². The summed E-state index contributed by atoms with van der Waals surface area (Å²) in [4.78, 5) is 1.39. The van der Waals surface area contributed by atoms with Crippen molar-refractivity contribution in [1.29, 1.82) is 0 Å². The van der Waals surface area contributed by atoms with Gasteiger partial charge in [-0.15, -0.1) is 11.3 Å². The van der Waals surface area contributed by atoms with Gasteiger partial charge in [0, 0.05) is 21.9 Å². The van der Waals surface area contributed by atoms with Crippen LogP contribution in [0.1, 0.15) is 41.3 Å². The minimum Gasteiger partial charge on any atom is -0.305 e. The fourth-order valence-electron chi connectivity index (χ4n) is 2.80. The van der Waals surface area contributed by atoms with Crippen molar-refractivity contribution >= 4 is 27.3 Å². The van der Waals surface area contributed by atoms with Gasteiger partial charge in [0.1, 0.15) is 0 Å². The van der Waals surface area contributed by atoms with Gasteiger partial charge in [-0.2, -0.15) is 0 Å². The Labute approximate surface area is 127 Å². The summed E-state index contributed by atoms with van der Waals surface area (Å²) < 4.78 is 1.23. The molecular formula is C16H18BrNS. The quantitative estimate of drug-likeness (QED) is 0.772. The average molecular weight is 336 g/mol. The molecule has 0 aliphatic heterocycles. The Morgan fingerprint density at radius 2 is 2.11 bits per heavy atom. The summed E-state index contributed by atoms with van der Waals surface area (Å²) >= 11 is 5.42. The lowest BCUT2D eigenvalue weighted by atomic mass is 9.99. The molecule has 0 amide bonds. The lowest BCUT2D eigenvalue weighted by Crippen LogP contribution is -2.20. The number of rotatable bonds is 3. The molecule has 1 nitrogen and oxygen atoms in total. The van der Waals surface area contributed by atoms with Crippen LogP contribution in [-0.2, 0) is 13.0 Å². The second-order valence-corrected chi connectivity index (χ2v) is 6.92. The molecule has 1 heterocycles. The number of fused-ring (bicyclic) bond motifs is 1. The molecule has 0 spiro atoms. The molecule has 0 radical (unpaired) electrons. The largest absolute Gasteiger partial charge is 0.305 e.